The van der Waals surface area contributed by atoms with E-state index < -0.39 is 0 Å². The molecule has 0 saturated carbocycles. The highest BCUT2D eigenvalue weighted by Crippen LogP contribution is 2.39. The van der Waals surface area contributed by atoms with E-state index in [9.17, 15) is 5.11 Å². The van der Waals surface area contributed by atoms with Crippen LogP contribution in [0.1, 0.15) is 36.8 Å². The zero-order valence-corrected chi connectivity index (χ0v) is 7.38. The molecule has 0 unspecified atom stereocenters. The van der Waals surface area contributed by atoms with E-state index in [2.05, 4.69) is 13.0 Å². The fourth-order valence-electron chi connectivity index (χ4n) is 2.14. The second kappa shape index (κ2) is 2.81. The van der Waals surface area contributed by atoms with Gasteiger partial charge >= 0.3 is 0 Å². The molecule has 0 amide bonds. The quantitative estimate of drug-likeness (QED) is 0.673. The summed E-state index contributed by atoms with van der Waals surface area (Å²) in [5, 5.41) is 9.54. The van der Waals surface area contributed by atoms with Gasteiger partial charge in [-0.25, -0.2) is 0 Å². The lowest BCUT2D eigenvalue weighted by Gasteiger charge is -2.07. The van der Waals surface area contributed by atoms with E-state index in [1.807, 2.05) is 6.07 Å². The van der Waals surface area contributed by atoms with E-state index in [4.69, 9.17) is 0 Å². The van der Waals surface area contributed by atoms with Crippen LogP contribution >= 0.6 is 0 Å². The standard InChI is InChI=1S/C11H14O/c1-2-8-6-7-10-9(8)4-3-5-11(10)12/h3-5,8,12H,2,6-7H2,1H3/t8-/m0/s1. The van der Waals surface area contributed by atoms with Gasteiger partial charge in [0.1, 0.15) is 5.75 Å². The Morgan fingerprint density at radius 2 is 2.33 bits per heavy atom. The summed E-state index contributed by atoms with van der Waals surface area (Å²) in [6.45, 7) is 2.21. The Labute approximate surface area is 73.0 Å². The molecule has 1 N–H and O–H groups in total. The molecule has 64 valence electrons. The van der Waals surface area contributed by atoms with Crippen LogP contribution in [0, 0.1) is 0 Å². The average molecular weight is 162 g/mol. The highest BCUT2D eigenvalue weighted by atomic mass is 16.3. The van der Waals surface area contributed by atoms with Crippen molar-refractivity contribution in [3.8, 4) is 5.75 Å². The molecular formula is C11H14O. The summed E-state index contributed by atoms with van der Waals surface area (Å²) in [6, 6.07) is 5.88. The number of hydrogen-bond donors (Lipinski definition) is 1. The largest absolute Gasteiger partial charge is 0.508 e. The minimum Gasteiger partial charge on any atom is -0.508 e. The Hall–Kier alpha value is -0.980. The van der Waals surface area contributed by atoms with Gasteiger partial charge in [-0.15, -0.1) is 0 Å². The molecule has 1 aromatic carbocycles. The van der Waals surface area contributed by atoms with Crippen molar-refractivity contribution < 1.29 is 5.11 Å². The van der Waals surface area contributed by atoms with Crippen molar-refractivity contribution in [1.82, 2.24) is 0 Å². The van der Waals surface area contributed by atoms with E-state index in [0.29, 0.717) is 11.7 Å². The molecule has 0 saturated heterocycles. The zero-order chi connectivity index (χ0) is 8.55. The number of aromatic hydroxyl groups is 1. The van der Waals surface area contributed by atoms with Crippen molar-refractivity contribution in [3.63, 3.8) is 0 Å². The van der Waals surface area contributed by atoms with E-state index in [0.717, 1.165) is 6.42 Å². The molecule has 0 aliphatic heterocycles. The van der Waals surface area contributed by atoms with E-state index >= 15 is 0 Å². The molecule has 1 heteroatoms. The van der Waals surface area contributed by atoms with E-state index in [-0.39, 0.29) is 0 Å². The Kier molecular flexibility index (Phi) is 1.80. The van der Waals surface area contributed by atoms with Gasteiger partial charge in [-0.1, -0.05) is 19.1 Å². The van der Waals surface area contributed by atoms with Crippen molar-refractivity contribution in [3.05, 3.63) is 29.3 Å². The average Bonchev–Trinajstić information content (AvgIpc) is 2.49. The van der Waals surface area contributed by atoms with E-state index in [1.54, 1.807) is 6.07 Å². The summed E-state index contributed by atoms with van der Waals surface area (Å²) in [7, 11) is 0. The number of fused-ring (bicyclic) bond motifs is 1. The van der Waals surface area contributed by atoms with Gasteiger partial charge < -0.3 is 5.11 Å². The van der Waals surface area contributed by atoms with Gasteiger partial charge in [-0.2, -0.15) is 0 Å². The van der Waals surface area contributed by atoms with Crippen LogP contribution in [0.4, 0.5) is 0 Å². The SMILES string of the molecule is CC[C@H]1CCc2c(O)cccc21. The molecule has 0 fully saturated rings. The van der Waals surface area contributed by atoms with Gasteiger partial charge in [0.05, 0.1) is 0 Å². The molecule has 12 heavy (non-hydrogen) atoms. The summed E-state index contributed by atoms with van der Waals surface area (Å²) in [6.07, 6.45) is 3.46. The maximum Gasteiger partial charge on any atom is 0.119 e. The second-order valence-electron chi connectivity index (χ2n) is 3.49. The van der Waals surface area contributed by atoms with Crippen LogP contribution in [0.3, 0.4) is 0 Å². The fourth-order valence-corrected chi connectivity index (χ4v) is 2.14. The summed E-state index contributed by atoms with van der Waals surface area (Å²) < 4.78 is 0. The highest BCUT2D eigenvalue weighted by Gasteiger charge is 2.22. The molecule has 0 spiro atoms. The predicted octanol–water partition coefficient (Wildman–Crippen LogP) is 2.83. The lowest BCUT2D eigenvalue weighted by Crippen LogP contribution is -1.89. The lowest BCUT2D eigenvalue weighted by molar-refractivity contribution is 0.469. The van der Waals surface area contributed by atoms with Crippen molar-refractivity contribution in [2.75, 3.05) is 0 Å². The first-order valence-corrected chi connectivity index (χ1v) is 4.63. The van der Waals surface area contributed by atoms with Gasteiger partial charge in [0.15, 0.2) is 0 Å². The molecule has 1 atom stereocenters. The Bertz CT molecular complexity index is 291. The topological polar surface area (TPSA) is 20.2 Å². The van der Waals surface area contributed by atoms with Gasteiger partial charge in [0, 0.05) is 0 Å². The zero-order valence-electron chi connectivity index (χ0n) is 7.38. The molecule has 0 radical (unpaired) electrons. The molecule has 0 aromatic heterocycles. The molecule has 0 heterocycles. The number of benzene rings is 1. The van der Waals surface area contributed by atoms with Crippen molar-refractivity contribution in [1.29, 1.82) is 0 Å². The molecule has 1 aromatic rings. The van der Waals surface area contributed by atoms with Crippen molar-refractivity contribution in [2.24, 2.45) is 0 Å². The summed E-state index contributed by atoms with van der Waals surface area (Å²) in [5.74, 6) is 1.18. The Morgan fingerprint density at radius 1 is 1.50 bits per heavy atom. The molecule has 1 aliphatic rings. The van der Waals surface area contributed by atoms with Gasteiger partial charge in [-0.05, 0) is 42.4 Å². The van der Waals surface area contributed by atoms with Crippen LogP contribution in [0.15, 0.2) is 18.2 Å². The minimum absolute atomic E-state index is 0.489. The smallest absolute Gasteiger partial charge is 0.119 e. The predicted molar refractivity (Wildman–Crippen MR) is 49.5 cm³/mol. The number of phenols is 1. The van der Waals surface area contributed by atoms with Crippen LogP contribution in [0.5, 0.6) is 5.75 Å². The molecular weight excluding hydrogens is 148 g/mol. The maximum absolute atomic E-state index is 9.54. The van der Waals surface area contributed by atoms with Crippen LogP contribution in [-0.4, -0.2) is 5.11 Å². The number of hydrogen-bond acceptors (Lipinski definition) is 1. The maximum atomic E-state index is 9.54. The third-order valence-corrected chi connectivity index (χ3v) is 2.86. The second-order valence-corrected chi connectivity index (χ2v) is 3.49. The lowest BCUT2D eigenvalue weighted by atomic mass is 9.99. The van der Waals surface area contributed by atoms with Crippen LogP contribution < -0.4 is 0 Å². The van der Waals surface area contributed by atoms with Crippen molar-refractivity contribution >= 4 is 0 Å². The van der Waals surface area contributed by atoms with Gasteiger partial charge in [-0.3, -0.25) is 0 Å². The summed E-state index contributed by atoms with van der Waals surface area (Å²) in [4.78, 5) is 0. The molecule has 1 nitrogen and oxygen atoms in total. The molecule has 0 bridgehead atoms. The number of rotatable bonds is 1. The van der Waals surface area contributed by atoms with Crippen molar-refractivity contribution in [2.45, 2.75) is 32.1 Å². The first-order chi connectivity index (χ1) is 5.83. The van der Waals surface area contributed by atoms with Gasteiger partial charge in [0.2, 0.25) is 0 Å². The number of phenolic OH excluding ortho intramolecular Hbond substituents is 1. The minimum atomic E-state index is 0.489. The first kappa shape index (κ1) is 7.66. The van der Waals surface area contributed by atoms with Crippen LogP contribution in [0.25, 0.3) is 0 Å². The molecule has 1 aliphatic carbocycles. The van der Waals surface area contributed by atoms with E-state index in [1.165, 1.54) is 24.0 Å². The Balaban J connectivity index is 2.46. The monoisotopic (exact) mass is 162 g/mol. The fraction of sp³-hybridized carbons (Fsp3) is 0.455. The summed E-state index contributed by atoms with van der Waals surface area (Å²) in [5.41, 5.74) is 2.56. The Morgan fingerprint density at radius 3 is 3.08 bits per heavy atom. The third kappa shape index (κ3) is 1.01. The van der Waals surface area contributed by atoms with Crippen LogP contribution in [-0.2, 0) is 6.42 Å². The third-order valence-electron chi connectivity index (χ3n) is 2.86. The highest BCUT2D eigenvalue weighted by molar-refractivity contribution is 5.44. The summed E-state index contributed by atoms with van der Waals surface area (Å²) >= 11 is 0. The van der Waals surface area contributed by atoms with Crippen LogP contribution in [0.2, 0.25) is 0 Å². The molecule has 2 rings (SSSR count). The van der Waals surface area contributed by atoms with Gasteiger partial charge in [0.25, 0.3) is 0 Å². The first-order valence-electron chi connectivity index (χ1n) is 4.63. The normalized spacial score (nSPS) is 20.9.